The Morgan fingerprint density at radius 1 is 1.36 bits per heavy atom. The second-order valence-electron chi connectivity index (χ2n) is 7.41. The predicted octanol–water partition coefficient (Wildman–Crippen LogP) is 2.08. The summed E-state index contributed by atoms with van der Waals surface area (Å²) in [5, 5.41) is 10.9. The largest absolute Gasteiger partial charge is 0.467 e. The van der Waals surface area contributed by atoms with E-state index in [0.29, 0.717) is 23.5 Å². The number of carbonyl (C=O) groups is 2. The third-order valence-corrected chi connectivity index (χ3v) is 5.72. The number of piperidine rings is 1. The van der Waals surface area contributed by atoms with Crippen LogP contribution < -0.4 is 16.0 Å². The molecule has 2 aromatic heterocycles. The minimum Gasteiger partial charge on any atom is -0.467 e. The molecule has 3 N–H and O–H groups in total. The Kier molecular flexibility index (Phi) is 6.28. The minimum absolute atomic E-state index is 0.459. The summed E-state index contributed by atoms with van der Waals surface area (Å²) in [6.07, 6.45) is 2.81. The van der Waals surface area contributed by atoms with Gasteiger partial charge in [0.15, 0.2) is 5.16 Å². The number of nitrogens with zero attached hydrogens (tertiary/aromatic N) is 4. The van der Waals surface area contributed by atoms with E-state index >= 15 is 0 Å². The van der Waals surface area contributed by atoms with Crippen molar-refractivity contribution in [2.75, 3.05) is 18.0 Å². The number of furan rings is 1. The molecule has 3 atom stereocenters. The van der Waals surface area contributed by atoms with Crippen molar-refractivity contribution < 1.29 is 14.0 Å². The molecule has 2 aromatic rings. The van der Waals surface area contributed by atoms with Gasteiger partial charge in [-0.15, -0.1) is 10.2 Å². The number of rotatable bonds is 6. The maximum atomic E-state index is 12.1. The number of amides is 3. The van der Waals surface area contributed by atoms with Crippen LogP contribution in [0.5, 0.6) is 0 Å². The molecule has 0 aliphatic carbocycles. The first-order valence-corrected chi connectivity index (χ1v) is 10.2. The number of nitrogens with one attached hydrogen (secondary N) is 1. The third kappa shape index (κ3) is 4.86. The lowest BCUT2D eigenvalue weighted by Crippen LogP contribution is -2.40. The maximum absolute atomic E-state index is 12.1. The van der Waals surface area contributed by atoms with Crippen LogP contribution in [0.1, 0.15) is 33.0 Å². The number of hydrogen-bond acceptors (Lipinski definition) is 7. The normalized spacial score (nSPS) is 20.8. The Balaban J connectivity index is 1.86. The quantitative estimate of drug-likeness (QED) is 0.705. The molecular formula is C18H26N6O3S. The molecule has 3 heterocycles. The Morgan fingerprint density at radius 3 is 2.68 bits per heavy atom. The van der Waals surface area contributed by atoms with Gasteiger partial charge in [0.05, 0.1) is 18.1 Å². The average molecular weight is 407 g/mol. The SMILES string of the molecule is C[C@@H]1C[C@H](C)CN(c2nnc(S[C@@H](C)C(=O)NC(N)=O)n2Cc2ccco2)C1. The molecule has 3 amide bonds. The Labute approximate surface area is 168 Å². The summed E-state index contributed by atoms with van der Waals surface area (Å²) < 4.78 is 7.47. The van der Waals surface area contributed by atoms with Crippen molar-refractivity contribution in [3.05, 3.63) is 24.2 Å². The van der Waals surface area contributed by atoms with Crippen molar-refractivity contribution in [3.63, 3.8) is 0 Å². The van der Waals surface area contributed by atoms with Crippen LogP contribution in [0.25, 0.3) is 0 Å². The van der Waals surface area contributed by atoms with Gasteiger partial charge in [0.1, 0.15) is 5.76 Å². The molecule has 0 radical (unpaired) electrons. The number of aromatic nitrogens is 3. The van der Waals surface area contributed by atoms with Crippen LogP contribution >= 0.6 is 11.8 Å². The molecule has 10 heteroatoms. The second kappa shape index (κ2) is 8.68. The van der Waals surface area contributed by atoms with E-state index in [1.165, 1.54) is 18.2 Å². The van der Waals surface area contributed by atoms with Crippen molar-refractivity contribution >= 4 is 29.6 Å². The van der Waals surface area contributed by atoms with Gasteiger partial charge < -0.3 is 15.1 Å². The summed E-state index contributed by atoms with van der Waals surface area (Å²) in [7, 11) is 0. The van der Waals surface area contributed by atoms with Gasteiger partial charge in [-0.25, -0.2) is 4.79 Å². The van der Waals surface area contributed by atoms with Crippen LogP contribution in [0.15, 0.2) is 28.0 Å². The van der Waals surface area contributed by atoms with Gasteiger partial charge in [-0.05, 0) is 37.3 Å². The number of urea groups is 1. The van der Waals surface area contributed by atoms with Crippen molar-refractivity contribution in [3.8, 4) is 0 Å². The van der Waals surface area contributed by atoms with Gasteiger partial charge >= 0.3 is 6.03 Å². The summed E-state index contributed by atoms with van der Waals surface area (Å²) in [5.74, 6) is 2.20. The summed E-state index contributed by atoms with van der Waals surface area (Å²) in [5.41, 5.74) is 5.04. The predicted molar refractivity (Wildman–Crippen MR) is 106 cm³/mol. The fourth-order valence-corrected chi connectivity index (χ4v) is 4.40. The molecular weight excluding hydrogens is 380 g/mol. The van der Waals surface area contributed by atoms with E-state index in [0.717, 1.165) is 24.8 Å². The van der Waals surface area contributed by atoms with Crippen LogP contribution in [0.3, 0.4) is 0 Å². The summed E-state index contributed by atoms with van der Waals surface area (Å²) in [6, 6.07) is 2.86. The van der Waals surface area contributed by atoms with Crippen LogP contribution in [0.4, 0.5) is 10.7 Å². The highest BCUT2D eigenvalue weighted by Crippen LogP contribution is 2.30. The zero-order valence-corrected chi connectivity index (χ0v) is 17.1. The van der Waals surface area contributed by atoms with E-state index in [1.54, 1.807) is 13.2 Å². The first-order chi connectivity index (χ1) is 13.3. The maximum Gasteiger partial charge on any atom is 0.318 e. The molecule has 0 spiro atoms. The number of hydrogen-bond donors (Lipinski definition) is 2. The lowest BCUT2D eigenvalue weighted by molar-refractivity contribution is -0.119. The molecule has 9 nitrogen and oxygen atoms in total. The Bertz CT molecular complexity index is 811. The highest BCUT2D eigenvalue weighted by atomic mass is 32.2. The van der Waals surface area contributed by atoms with Crippen LogP contribution in [-0.2, 0) is 11.3 Å². The minimum atomic E-state index is -0.869. The Morgan fingerprint density at radius 2 is 2.07 bits per heavy atom. The van der Waals surface area contributed by atoms with E-state index < -0.39 is 17.2 Å². The number of primary amides is 1. The topological polar surface area (TPSA) is 119 Å². The molecule has 1 fully saturated rings. The number of nitrogens with two attached hydrogens (primary N) is 1. The smallest absolute Gasteiger partial charge is 0.318 e. The molecule has 0 unspecified atom stereocenters. The van der Waals surface area contributed by atoms with Gasteiger partial charge in [-0.3, -0.25) is 14.7 Å². The van der Waals surface area contributed by atoms with Crippen molar-refractivity contribution in [2.24, 2.45) is 17.6 Å². The lowest BCUT2D eigenvalue weighted by atomic mass is 9.92. The molecule has 152 valence electrons. The van der Waals surface area contributed by atoms with E-state index in [9.17, 15) is 9.59 Å². The molecule has 1 aliphatic rings. The molecule has 3 rings (SSSR count). The van der Waals surface area contributed by atoms with Crippen LogP contribution in [0.2, 0.25) is 0 Å². The van der Waals surface area contributed by atoms with Crippen molar-refractivity contribution in [1.29, 1.82) is 0 Å². The number of thioether (sulfide) groups is 1. The van der Waals surface area contributed by atoms with E-state index in [-0.39, 0.29) is 0 Å². The number of anilines is 1. The van der Waals surface area contributed by atoms with Crippen molar-refractivity contribution in [2.45, 2.75) is 44.1 Å². The van der Waals surface area contributed by atoms with Gasteiger partial charge in [0, 0.05) is 13.1 Å². The summed E-state index contributed by atoms with van der Waals surface area (Å²) in [6.45, 7) is 8.44. The molecule has 0 saturated carbocycles. The highest BCUT2D eigenvalue weighted by Gasteiger charge is 2.28. The molecule has 0 bridgehead atoms. The number of carbonyl (C=O) groups excluding carboxylic acids is 2. The zero-order chi connectivity index (χ0) is 20.3. The summed E-state index contributed by atoms with van der Waals surface area (Å²) in [4.78, 5) is 25.3. The summed E-state index contributed by atoms with van der Waals surface area (Å²) >= 11 is 1.23. The first kappa shape index (κ1) is 20.2. The highest BCUT2D eigenvalue weighted by molar-refractivity contribution is 8.00. The van der Waals surface area contributed by atoms with E-state index in [2.05, 4.69) is 34.3 Å². The van der Waals surface area contributed by atoms with Crippen molar-refractivity contribution in [1.82, 2.24) is 20.1 Å². The molecule has 1 saturated heterocycles. The molecule has 1 aliphatic heterocycles. The lowest BCUT2D eigenvalue weighted by Gasteiger charge is -2.35. The van der Waals surface area contributed by atoms with Gasteiger partial charge in [0.25, 0.3) is 0 Å². The van der Waals surface area contributed by atoms with Gasteiger partial charge in [-0.2, -0.15) is 0 Å². The van der Waals surface area contributed by atoms with E-state index in [1.807, 2.05) is 16.7 Å². The van der Waals surface area contributed by atoms with Gasteiger partial charge in [-0.1, -0.05) is 25.6 Å². The van der Waals surface area contributed by atoms with Gasteiger partial charge in [0.2, 0.25) is 11.9 Å². The van der Waals surface area contributed by atoms with E-state index in [4.69, 9.17) is 10.2 Å². The molecule has 28 heavy (non-hydrogen) atoms. The fourth-order valence-electron chi connectivity index (χ4n) is 3.56. The molecule has 0 aromatic carbocycles. The zero-order valence-electron chi connectivity index (χ0n) is 16.3. The van der Waals surface area contributed by atoms with Crippen LogP contribution in [0, 0.1) is 11.8 Å². The van der Waals surface area contributed by atoms with Crippen LogP contribution in [-0.4, -0.2) is 45.0 Å². The second-order valence-corrected chi connectivity index (χ2v) is 8.72. The first-order valence-electron chi connectivity index (χ1n) is 9.31. The number of imide groups is 1. The standard InChI is InChI=1S/C18H26N6O3S/c1-11-7-12(2)9-23(8-11)17-21-22-18(24(17)10-14-5-4-6-27-14)28-13(3)15(25)20-16(19)26/h4-6,11-13H,7-10H2,1-3H3,(H3,19,20,25,26)/t11-,12+,13-/m0/s1. The average Bonchev–Trinajstić information content (AvgIpc) is 3.24. The third-order valence-electron chi connectivity index (χ3n) is 4.64. The monoisotopic (exact) mass is 406 g/mol. The Hall–Kier alpha value is -2.49. The fraction of sp³-hybridized carbons (Fsp3) is 0.556.